The summed E-state index contributed by atoms with van der Waals surface area (Å²) in [5.41, 5.74) is 3.38. The van der Waals surface area contributed by atoms with Gasteiger partial charge in [0.05, 0.1) is 5.69 Å². The van der Waals surface area contributed by atoms with Gasteiger partial charge in [0.2, 0.25) is 5.91 Å². The first-order chi connectivity index (χ1) is 14.2. The second-order valence-electron chi connectivity index (χ2n) is 8.49. The largest absolute Gasteiger partial charge is 0.487 e. The molecule has 3 aliphatic heterocycles. The molecule has 29 heavy (non-hydrogen) atoms. The molecule has 2 saturated heterocycles. The van der Waals surface area contributed by atoms with Crippen molar-refractivity contribution in [2.75, 3.05) is 31.1 Å². The van der Waals surface area contributed by atoms with E-state index in [1.807, 2.05) is 19.1 Å². The molecular formula is C23H28N4O2. The third kappa shape index (κ3) is 3.68. The van der Waals surface area contributed by atoms with Crippen LogP contribution in [0.2, 0.25) is 0 Å². The number of amides is 1. The Kier molecular flexibility index (Phi) is 4.86. The highest BCUT2D eigenvalue weighted by Gasteiger charge is 2.29. The Morgan fingerprint density at radius 3 is 2.93 bits per heavy atom. The topological polar surface area (TPSA) is 58.6 Å². The van der Waals surface area contributed by atoms with Crippen molar-refractivity contribution in [1.29, 1.82) is 0 Å². The predicted octanol–water partition coefficient (Wildman–Crippen LogP) is 3.11. The monoisotopic (exact) mass is 392 g/mol. The molecule has 0 N–H and O–H groups in total. The fourth-order valence-corrected chi connectivity index (χ4v) is 4.94. The summed E-state index contributed by atoms with van der Waals surface area (Å²) in [7, 11) is 0. The van der Waals surface area contributed by atoms with E-state index in [0.29, 0.717) is 24.9 Å². The molecule has 1 aromatic heterocycles. The first kappa shape index (κ1) is 18.4. The second-order valence-corrected chi connectivity index (χ2v) is 8.49. The highest BCUT2D eigenvalue weighted by atomic mass is 16.5. The van der Waals surface area contributed by atoms with Gasteiger partial charge < -0.3 is 14.5 Å². The second kappa shape index (κ2) is 7.65. The molecule has 0 unspecified atom stereocenters. The van der Waals surface area contributed by atoms with Crippen molar-refractivity contribution in [3.05, 3.63) is 46.9 Å². The van der Waals surface area contributed by atoms with Crippen molar-refractivity contribution in [3.8, 4) is 5.75 Å². The molecule has 6 nitrogen and oxygen atoms in total. The Morgan fingerprint density at radius 2 is 2.07 bits per heavy atom. The number of benzene rings is 1. The maximum Gasteiger partial charge on any atom is 0.222 e. The highest BCUT2D eigenvalue weighted by molar-refractivity contribution is 5.78. The number of carbonyl (C=O) groups excluding carboxylic acids is 1. The van der Waals surface area contributed by atoms with Gasteiger partial charge in [0.15, 0.2) is 0 Å². The van der Waals surface area contributed by atoms with Gasteiger partial charge >= 0.3 is 0 Å². The van der Waals surface area contributed by atoms with Crippen molar-refractivity contribution in [1.82, 2.24) is 14.9 Å². The van der Waals surface area contributed by atoms with Crippen LogP contribution in [0.15, 0.2) is 24.3 Å². The predicted molar refractivity (Wildman–Crippen MR) is 111 cm³/mol. The number of likely N-dealkylation sites (tertiary alicyclic amines) is 1. The van der Waals surface area contributed by atoms with Gasteiger partial charge in [0.25, 0.3) is 0 Å². The lowest BCUT2D eigenvalue weighted by Gasteiger charge is -2.36. The summed E-state index contributed by atoms with van der Waals surface area (Å²) in [5, 5.41) is 0. The lowest BCUT2D eigenvalue weighted by Crippen LogP contribution is -2.42. The van der Waals surface area contributed by atoms with Crippen molar-refractivity contribution in [3.63, 3.8) is 0 Å². The van der Waals surface area contributed by atoms with E-state index in [4.69, 9.17) is 14.7 Å². The molecule has 1 atom stereocenters. The number of anilines is 1. The zero-order valence-corrected chi connectivity index (χ0v) is 17.1. The molecule has 3 aliphatic rings. The molecule has 0 radical (unpaired) electrons. The van der Waals surface area contributed by atoms with Crippen LogP contribution in [-0.4, -0.2) is 47.0 Å². The van der Waals surface area contributed by atoms with Crippen molar-refractivity contribution < 1.29 is 9.53 Å². The van der Waals surface area contributed by atoms with Gasteiger partial charge in [-0.2, -0.15) is 0 Å². The van der Waals surface area contributed by atoms with Crippen molar-refractivity contribution in [2.24, 2.45) is 5.92 Å². The van der Waals surface area contributed by atoms with Gasteiger partial charge in [-0.05, 0) is 43.7 Å². The highest BCUT2D eigenvalue weighted by Crippen LogP contribution is 2.34. The number of piperidine rings is 1. The Labute approximate surface area is 171 Å². The average Bonchev–Trinajstić information content (AvgIpc) is 3.03. The lowest BCUT2D eigenvalue weighted by atomic mass is 9.96. The summed E-state index contributed by atoms with van der Waals surface area (Å²) in [4.78, 5) is 26.1. The fourth-order valence-electron chi connectivity index (χ4n) is 4.94. The van der Waals surface area contributed by atoms with Crippen LogP contribution in [0.25, 0.3) is 0 Å². The van der Waals surface area contributed by atoms with Gasteiger partial charge in [-0.1, -0.05) is 18.2 Å². The Hall–Kier alpha value is -2.63. The van der Waals surface area contributed by atoms with Gasteiger partial charge in [-0.3, -0.25) is 4.79 Å². The average molecular weight is 393 g/mol. The van der Waals surface area contributed by atoms with E-state index < -0.39 is 0 Å². The molecule has 1 aromatic carbocycles. The standard InChI is InChI=1S/C23H28N4O2/c1-16-24-20-15-29-21-8-3-2-7-18(21)12-19(20)23(25-16)27-11-4-6-17(14-27)13-26-10-5-9-22(26)28/h2-3,7-8,17H,4-6,9-15H2,1H3/t17-/m1/s1. The number of hydrogen-bond acceptors (Lipinski definition) is 5. The fraction of sp³-hybridized carbons (Fsp3) is 0.522. The van der Waals surface area contributed by atoms with Crippen molar-refractivity contribution in [2.45, 2.75) is 45.6 Å². The number of fused-ring (bicyclic) bond motifs is 2. The number of nitrogens with zero attached hydrogens (tertiary/aromatic N) is 4. The third-order valence-corrected chi connectivity index (χ3v) is 6.36. The van der Waals surface area contributed by atoms with Gasteiger partial charge in [0.1, 0.15) is 24.0 Å². The molecular weight excluding hydrogens is 364 g/mol. The summed E-state index contributed by atoms with van der Waals surface area (Å²) in [6.07, 6.45) is 4.84. The zero-order chi connectivity index (χ0) is 19.8. The smallest absolute Gasteiger partial charge is 0.222 e. The lowest BCUT2D eigenvalue weighted by molar-refractivity contribution is -0.128. The van der Waals surface area contributed by atoms with E-state index in [0.717, 1.165) is 68.5 Å². The molecule has 0 spiro atoms. The van der Waals surface area contributed by atoms with E-state index in [1.54, 1.807) is 0 Å². The molecule has 0 bridgehead atoms. The minimum atomic E-state index is 0.322. The number of aryl methyl sites for hydroxylation is 1. The minimum Gasteiger partial charge on any atom is -0.487 e. The van der Waals surface area contributed by atoms with Gasteiger partial charge in [-0.15, -0.1) is 0 Å². The van der Waals surface area contributed by atoms with Crippen LogP contribution in [0, 0.1) is 12.8 Å². The summed E-state index contributed by atoms with van der Waals surface area (Å²) in [6, 6.07) is 8.24. The van der Waals surface area contributed by atoms with Gasteiger partial charge in [0, 0.05) is 44.6 Å². The van der Waals surface area contributed by atoms with Crippen LogP contribution in [0.5, 0.6) is 5.75 Å². The molecule has 2 fully saturated rings. The number of ether oxygens (including phenoxy) is 1. The van der Waals surface area contributed by atoms with E-state index >= 15 is 0 Å². The summed E-state index contributed by atoms with van der Waals surface area (Å²) < 4.78 is 6.04. The Balaban J connectivity index is 1.42. The summed E-state index contributed by atoms with van der Waals surface area (Å²) in [6.45, 7) is 6.22. The van der Waals surface area contributed by atoms with Crippen LogP contribution >= 0.6 is 0 Å². The first-order valence-electron chi connectivity index (χ1n) is 10.8. The summed E-state index contributed by atoms with van der Waals surface area (Å²) in [5.74, 6) is 3.63. The Morgan fingerprint density at radius 1 is 1.17 bits per heavy atom. The Bertz CT molecular complexity index is 929. The molecule has 1 amide bonds. The maximum atomic E-state index is 12.1. The van der Waals surface area contributed by atoms with E-state index in [1.165, 1.54) is 17.5 Å². The number of rotatable bonds is 3. The van der Waals surface area contributed by atoms with Crippen molar-refractivity contribution >= 4 is 11.7 Å². The quantitative estimate of drug-likeness (QED) is 0.803. The minimum absolute atomic E-state index is 0.322. The number of hydrogen-bond donors (Lipinski definition) is 0. The summed E-state index contributed by atoms with van der Waals surface area (Å²) >= 11 is 0. The molecule has 5 rings (SSSR count). The van der Waals surface area contributed by atoms with Crippen LogP contribution in [-0.2, 0) is 17.8 Å². The molecule has 152 valence electrons. The van der Waals surface area contributed by atoms with Crippen LogP contribution in [0.4, 0.5) is 5.82 Å². The van der Waals surface area contributed by atoms with Gasteiger partial charge in [-0.25, -0.2) is 9.97 Å². The first-order valence-corrected chi connectivity index (χ1v) is 10.8. The molecule has 4 heterocycles. The van der Waals surface area contributed by atoms with E-state index in [9.17, 15) is 4.79 Å². The number of carbonyl (C=O) groups is 1. The molecule has 6 heteroatoms. The molecule has 0 aliphatic carbocycles. The van der Waals surface area contributed by atoms with Crippen LogP contribution < -0.4 is 9.64 Å². The van der Waals surface area contributed by atoms with Crippen LogP contribution in [0.3, 0.4) is 0 Å². The van der Waals surface area contributed by atoms with E-state index in [2.05, 4.69) is 21.9 Å². The molecule has 2 aromatic rings. The molecule has 0 saturated carbocycles. The maximum absolute atomic E-state index is 12.1. The number of para-hydroxylation sites is 1. The third-order valence-electron chi connectivity index (χ3n) is 6.36. The SMILES string of the molecule is Cc1nc2c(c(N3CCC[C@H](CN4CCCC4=O)C3)n1)Cc1ccccc1OC2. The van der Waals surface area contributed by atoms with Crippen LogP contribution in [0.1, 0.15) is 48.3 Å². The number of aromatic nitrogens is 2. The normalized spacial score (nSPS) is 21.4. The zero-order valence-electron chi connectivity index (χ0n) is 17.1. The van der Waals surface area contributed by atoms with E-state index in [-0.39, 0.29) is 0 Å².